The number of methoxy groups -OCH3 is 1. The zero-order chi connectivity index (χ0) is 19.2. The molecule has 1 aromatic heterocycles. The zero-order valence-electron chi connectivity index (χ0n) is 15.2. The first kappa shape index (κ1) is 17.2. The van der Waals surface area contributed by atoms with Gasteiger partial charge < -0.3 is 4.74 Å². The number of aromatic amines is 1. The van der Waals surface area contributed by atoms with Crippen molar-refractivity contribution in [3.8, 4) is 6.07 Å². The van der Waals surface area contributed by atoms with Crippen molar-refractivity contribution in [3.63, 3.8) is 0 Å². The number of allylic oxidation sites excluding steroid dienone is 2. The van der Waals surface area contributed by atoms with Gasteiger partial charge in [0.15, 0.2) is 5.78 Å². The van der Waals surface area contributed by atoms with Crippen LogP contribution in [0.2, 0.25) is 0 Å². The lowest BCUT2D eigenvalue weighted by Crippen LogP contribution is -2.48. The Labute approximate surface area is 156 Å². The number of esters is 1. The van der Waals surface area contributed by atoms with E-state index in [0.717, 1.165) is 29.7 Å². The van der Waals surface area contributed by atoms with Crippen molar-refractivity contribution in [1.82, 2.24) is 10.2 Å². The monoisotopic (exact) mass is 361 g/mol. The van der Waals surface area contributed by atoms with Gasteiger partial charge in [0.1, 0.15) is 6.07 Å². The Bertz CT molecular complexity index is 996. The predicted octanol–water partition coefficient (Wildman–Crippen LogP) is 2.71. The van der Waals surface area contributed by atoms with Crippen LogP contribution in [0.1, 0.15) is 40.5 Å². The van der Waals surface area contributed by atoms with Crippen molar-refractivity contribution in [2.75, 3.05) is 7.11 Å². The highest BCUT2D eigenvalue weighted by Crippen LogP contribution is 2.53. The molecule has 1 aromatic carbocycles. The molecule has 0 saturated heterocycles. The van der Waals surface area contributed by atoms with Gasteiger partial charge in [0.2, 0.25) is 0 Å². The van der Waals surface area contributed by atoms with Crippen LogP contribution in [0.5, 0.6) is 0 Å². The number of fused-ring (bicyclic) bond motifs is 3. The third-order valence-electron chi connectivity index (χ3n) is 6.00. The largest absolute Gasteiger partial charge is 0.465 e. The van der Waals surface area contributed by atoms with Gasteiger partial charge in [0, 0.05) is 5.92 Å². The Balaban J connectivity index is 1.97. The summed E-state index contributed by atoms with van der Waals surface area (Å²) in [7, 11) is 1.35. The van der Waals surface area contributed by atoms with Crippen LogP contribution in [0.25, 0.3) is 0 Å². The summed E-state index contributed by atoms with van der Waals surface area (Å²) in [6, 6.07) is 9.27. The van der Waals surface area contributed by atoms with Gasteiger partial charge in [0.25, 0.3) is 0 Å². The molecule has 0 saturated carbocycles. The molecule has 0 fully saturated rings. The van der Waals surface area contributed by atoms with E-state index in [2.05, 4.69) is 16.3 Å². The maximum Gasteiger partial charge on any atom is 0.337 e. The highest BCUT2D eigenvalue weighted by molar-refractivity contribution is 6.02. The van der Waals surface area contributed by atoms with Gasteiger partial charge in [-0.1, -0.05) is 19.1 Å². The Hall–Kier alpha value is -3.20. The third-order valence-corrected chi connectivity index (χ3v) is 6.00. The number of nitrogens with zero attached hydrogens (tertiary/aromatic N) is 2. The van der Waals surface area contributed by atoms with Gasteiger partial charge >= 0.3 is 5.97 Å². The molecule has 1 heterocycles. The molecule has 27 heavy (non-hydrogen) atoms. The number of ether oxygens (including phenoxy) is 1. The van der Waals surface area contributed by atoms with Crippen molar-refractivity contribution in [3.05, 3.63) is 64.5 Å². The fourth-order valence-electron chi connectivity index (χ4n) is 4.66. The minimum Gasteiger partial charge on any atom is -0.465 e. The van der Waals surface area contributed by atoms with Crippen LogP contribution in [0, 0.1) is 23.2 Å². The number of hydrogen-bond donors (Lipinski definition) is 1. The van der Waals surface area contributed by atoms with Gasteiger partial charge in [-0.15, -0.1) is 0 Å². The molecule has 1 N–H and O–H groups in total. The average molecular weight is 361 g/mol. The number of Topliss-reactive ketones (excluding diaryl/α,β-unsaturated/α-hetero) is 1. The molecule has 4 rings (SSSR count). The standard InChI is InChI=1S/C21H19N3O3/c1-12-17-8-5-14-11-23-24-19(14)21(17,9-15(10-22)18(12)25)16-6-3-13(4-7-16)20(26)27-2/h3-4,6-7,9,11-12,17H,5,8H2,1-2H3,(H,23,24)/t12-,17-,21+/m0/s1. The fraction of sp³-hybridized carbons (Fsp3) is 0.333. The Morgan fingerprint density at radius 3 is 2.78 bits per heavy atom. The van der Waals surface area contributed by atoms with E-state index in [1.54, 1.807) is 18.2 Å². The molecule has 2 aliphatic carbocycles. The maximum absolute atomic E-state index is 12.6. The number of nitriles is 1. The van der Waals surface area contributed by atoms with Crippen LogP contribution in [0.15, 0.2) is 42.1 Å². The third kappa shape index (κ3) is 2.35. The van der Waals surface area contributed by atoms with Crippen LogP contribution in [0.3, 0.4) is 0 Å². The molecular weight excluding hydrogens is 342 g/mol. The summed E-state index contributed by atoms with van der Waals surface area (Å²) in [6.07, 6.45) is 5.28. The van der Waals surface area contributed by atoms with Crippen LogP contribution >= 0.6 is 0 Å². The van der Waals surface area contributed by atoms with Gasteiger partial charge in [-0.25, -0.2) is 4.79 Å². The minimum absolute atomic E-state index is 0.0130. The quantitative estimate of drug-likeness (QED) is 0.830. The lowest BCUT2D eigenvalue weighted by atomic mass is 9.54. The fourth-order valence-corrected chi connectivity index (χ4v) is 4.66. The molecule has 0 aliphatic heterocycles. The predicted molar refractivity (Wildman–Crippen MR) is 96.8 cm³/mol. The van der Waals surface area contributed by atoms with E-state index in [4.69, 9.17) is 4.74 Å². The number of hydrogen-bond acceptors (Lipinski definition) is 5. The molecular formula is C21H19N3O3. The Morgan fingerprint density at radius 2 is 2.11 bits per heavy atom. The molecule has 2 aliphatic rings. The summed E-state index contributed by atoms with van der Waals surface area (Å²) in [6.45, 7) is 1.90. The Kier molecular flexibility index (Phi) is 3.96. The second-order valence-corrected chi connectivity index (χ2v) is 7.18. The molecule has 0 bridgehead atoms. The summed E-state index contributed by atoms with van der Waals surface area (Å²) in [4.78, 5) is 24.4. The number of nitrogens with one attached hydrogen (secondary N) is 1. The summed E-state index contributed by atoms with van der Waals surface area (Å²) < 4.78 is 4.78. The SMILES string of the molecule is COC(=O)c1ccc([C@]23C=C(C#N)C(=O)[C@@H](C)[C@@H]2CCc2cn[nH]c23)cc1. The lowest BCUT2D eigenvalue weighted by molar-refractivity contribution is -0.121. The van der Waals surface area contributed by atoms with E-state index in [-0.39, 0.29) is 23.2 Å². The van der Waals surface area contributed by atoms with Crippen molar-refractivity contribution in [2.24, 2.45) is 11.8 Å². The lowest BCUT2D eigenvalue weighted by Gasteiger charge is -2.47. The number of aromatic nitrogens is 2. The van der Waals surface area contributed by atoms with E-state index < -0.39 is 11.4 Å². The van der Waals surface area contributed by atoms with Crippen molar-refractivity contribution in [1.29, 1.82) is 5.26 Å². The second kappa shape index (κ2) is 6.20. The topological polar surface area (TPSA) is 95.8 Å². The number of H-pyrrole nitrogens is 1. The average Bonchev–Trinajstić information content (AvgIpc) is 3.19. The molecule has 2 aromatic rings. The molecule has 6 heteroatoms. The summed E-state index contributed by atoms with van der Waals surface area (Å²) in [5.41, 5.74) is 2.95. The van der Waals surface area contributed by atoms with Crippen LogP contribution in [-0.4, -0.2) is 29.1 Å². The van der Waals surface area contributed by atoms with Crippen LogP contribution in [-0.2, 0) is 21.4 Å². The number of rotatable bonds is 2. The smallest absolute Gasteiger partial charge is 0.337 e. The highest BCUT2D eigenvalue weighted by atomic mass is 16.5. The number of carbonyl (C=O) groups is 2. The van der Waals surface area contributed by atoms with E-state index in [1.807, 2.05) is 25.3 Å². The number of benzene rings is 1. The van der Waals surface area contributed by atoms with Gasteiger partial charge in [0.05, 0.1) is 35.6 Å². The molecule has 6 nitrogen and oxygen atoms in total. The van der Waals surface area contributed by atoms with Gasteiger partial charge in [-0.05, 0) is 48.1 Å². The second-order valence-electron chi connectivity index (χ2n) is 7.18. The van der Waals surface area contributed by atoms with Crippen molar-refractivity contribution < 1.29 is 14.3 Å². The van der Waals surface area contributed by atoms with Crippen molar-refractivity contribution >= 4 is 11.8 Å². The van der Waals surface area contributed by atoms with Gasteiger partial charge in [-0.3, -0.25) is 9.89 Å². The van der Waals surface area contributed by atoms with E-state index in [9.17, 15) is 14.9 Å². The molecule has 0 spiro atoms. The number of aryl methyl sites for hydroxylation is 1. The summed E-state index contributed by atoms with van der Waals surface area (Å²) in [5.74, 6) is -0.769. The van der Waals surface area contributed by atoms with E-state index >= 15 is 0 Å². The Morgan fingerprint density at radius 1 is 1.37 bits per heavy atom. The van der Waals surface area contributed by atoms with Gasteiger partial charge in [-0.2, -0.15) is 10.4 Å². The molecule has 0 amide bonds. The first-order valence-corrected chi connectivity index (χ1v) is 8.91. The van der Waals surface area contributed by atoms with E-state index in [0.29, 0.717) is 5.56 Å². The number of carbonyl (C=O) groups excluding carboxylic acids is 2. The van der Waals surface area contributed by atoms with Crippen molar-refractivity contribution in [2.45, 2.75) is 25.2 Å². The maximum atomic E-state index is 12.6. The first-order valence-electron chi connectivity index (χ1n) is 8.91. The number of ketones is 1. The minimum atomic E-state index is -0.642. The normalized spacial score (nSPS) is 26.4. The van der Waals surface area contributed by atoms with Crippen LogP contribution in [0.4, 0.5) is 0 Å². The highest BCUT2D eigenvalue weighted by Gasteiger charge is 2.52. The molecule has 0 unspecified atom stereocenters. The van der Waals surface area contributed by atoms with E-state index in [1.165, 1.54) is 7.11 Å². The molecule has 3 atom stereocenters. The van der Waals surface area contributed by atoms with Crippen LogP contribution < -0.4 is 0 Å². The molecule has 136 valence electrons. The zero-order valence-corrected chi connectivity index (χ0v) is 15.2. The summed E-state index contributed by atoms with van der Waals surface area (Å²) >= 11 is 0. The first-order chi connectivity index (χ1) is 13.0. The molecule has 0 radical (unpaired) electrons. The summed E-state index contributed by atoms with van der Waals surface area (Å²) in [5, 5.41) is 16.9.